The third kappa shape index (κ3) is 4.69. The van der Waals surface area contributed by atoms with Crippen LogP contribution in [-0.4, -0.2) is 36.3 Å². The van der Waals surface area contributed by atoms with Crippen LogP contribution in [0.25, 0.3) is 10.2 Å². The molecule has 2 heterocycles. The van der Waals surface area contributed by atoms with E-state index in [1.807, 2.05) is 11.5 Å². The lowest BCUT2D eigenvalue weighted by Crippen LogP contribution is -2.42. The van der Waals surface area contributed by atoms with Gasteiger partial charge in [-0.05, 0) is 86.6 Å². The second-order valence-corrected chi connectivity index (χ2v) is 12.2. The Morgan fingerprint density at radius 2 is 1.67 bits per heavy atom. The maximum absolute atomic E-state index is 13.1. The van der Waals surface area contributed by atoms with Crippen LogP contribution in [0.4, 0.5) is 0 Å². The molecular formula is C25H31N3O3S2. The number of nitrogens with zero attached hydrogens (tertiary/aromatic N) is 3. The molecule has 1 fully saturated rings. The minimum atomic E-state index is -3.58. The Morgan fingerprint density at radius 1 is 1.06 bits per heavy atom. The molecule has 6 nitrogen and oxygen atoms in total. The summed E-state index contributed by atoms with van der Waals surface area (Å²) in [6, 6.07) is 10.4. The van der Waals surface area contributed by atoms with Crippen molar-refractivity contribution in [2.75, 3.05) is 13.1 Å². The Hall–Kier alpha value is -2.29. The van der Waals surface area contributed by atoms with Crippen molar-refractivity contribution in [1.29, 1.82) is 0 Å². The van der Waals surface area contributed by atoms with Gasteiger partial charge in [0.2, 0.25) is 10.0 Å². The number of fused-ring (bicyclic) bond motifs is 1. The van der Waals surface area contributed by atoms with Crippen LogP contribution in [0.5, 0.6) is 0 Å². The Morgan fingerprint density at radius 3 is 2.27 bits per heavy atom. The maximum Gasteiger partial charge on any atom is 0.279 e. The standard InChI is InChI=1S/C25H31N3O3S2/c1-6-28-22-12-18(4)19(5)13-23(22)32-25(28)26-24(29)20-7-9-21(10-8-20)33(30,31)27-14-16(2)11-17(3)15-27/h7-10,12-13,16-17H,6,11,14-15H2,1-5H3. The van der Waals surface area contributed by atoms with E-state index in [0.29, 0.717) is 41.8 Å². The van der Waals surface area contributed by atoms with Gasteiger partial charge >= 0.3 is 0 Å². The highest BCUT2D eigenvalue weighted by atomic mass is 32.2. The van der Waals surface area contributed by atoms with Crippen molar-refractivity contribution in [2.24, 2.45) is 16.8 Å². The van der Waals surface area contributed by atoms with Crippen LogP contribution >= 0.6 is 11.3 Å². The molecule has 2 atom stereocenters. The molecule has 1 aromatic heterocycles. The molecule has 1 aliphatic heterocycles. The van der Waals surface area contributed by atoms with Gasteiger partial charge in [-0.25, -0.2) is 8.42 Å². The van der Waals surface area contributed by atoms with Gasteiger partial charge in [0.05, 0.1) is 15.1 Å². The molecule has 0 bridgehead atoms. The van der Waals surface area contributed by atoms with Crippen molar-refractivity contribution in [3.05, 3.63) is 57.9 Å². The van der Waals surface area contributed by atoms with Crippen LogP contribution in [0.15, 0.2) is 46.3 Å². The van der Waals surface area contributed by atoms with Gasteiger partial charge in [0.15, 0.2) is 4.80 Å². The predicted octanol–water partition coefficient (Wildman–Crippen LogP) is 4.75. The molecule has 2 aromatic carbocycles. The van der Waals surface area contributed by atoms with Gasteiger partial charge in [0.25, 0.3) is 5.91 Å². The van der Waals surface area contributed by atoms with E-state index in [1.165, 1.54) is 34.6 Å². The summed E-state index contributed by atoms with van der Waals surface area (Å²) < 4.78 is 30.9. The van der Waals surface area contributed by atoms with Crippen LogP contribution in [0.1, 0.15) is 48.7 Å². The number of benzene rings is 2. The average Bonchev–Trinajstić information content (AvgIpc) is 3.09. The Kier molecular flexibility index (Phi) is 6.62. The molecule has 2 unspecified atom stereocenters. The first-order chi connectivity index (χ1) is 15.6. The molecule has 3 aromatic rings. The number of sulfonamides is 1. The van der Waals surface area contributed by atoms with Gasteiger partial charge in [-0.15, -0.1) is 0 Å². The predicted molar refractivity (Wildman–Crippen MR) is 133 cm³/mol. The first-order valence-corrected chi connectivity index (χ1v) is 13.7. The maximum atomic E-state index is 13.1. The van der Waals surface area contributed by atoms with Crippen LogP contribution in [0.2, 0.25) is 0 Å². The Bertz CT molecular complexity index is 1360. The highest BCUT2D eigenvalue weighted by Crippen LogP contribution is 2.27. The van der Waals surface area contributed by atoms with Crippen molar-refractivity contribution in [2.45, 2.75) is 52.5 Å². The summed E-state index contributed by atoms with van der Waals surface area (Å²) in [5.41, 5.74) is 3.86. The van der Waals surface area contributed by atoms with Crippen molar-refractivity contribution in [3.63, 3.8) is 0 Å². The van der Waals surface area contributed by atoms with Crippen molar-refractivity contribution >= 4 is 37.5 Å². The largest absolute Gasteiger partial charge is 0.317 e. The monoisotopic (exact) mass is 485 g/mol. The molecule has 1 aliphatic rings. The number of rotatable bonds is 4. The highest BCUT2D eigenvalue weighted by Gasteiger charge is 2.31. The zero-order valence-corrected chi connectivity index (χ0v) is 21.5. The second-order valence-electron chi connectivity index (χ2n) is 9.24. The van der Waals surface area contributed by atoms with E-state index < -0.39 is 10.0 Å². The summed E-state index contributed by atoms with van der Waals surface area (Å²) >= 11 is 1.49. The van der Waals surface area contributed by atoms with E-state index in [0.717, 1.165) is 16.6 Å². The first kappa shape index (κ1) is 23.9. The minimum absolute atomic E-state index is 0.219. The van der Waals surface area contributed by atoms with Crippen LogP contribution in [-0.2, 0) is 16.6 Å². The van der Waals surface area contributed by atoms with Gasteiger partial charge in [-0.3, -0.25) is 4.79 Å². The molecule has 0 radical (unpaired) electrons. The van der Waals surface area contributed by atoms with E-state index in [1.54, 1.807) is 16.4 Å². The number of amides is 1. The van der Waals surface area contributed by atoms with Gasteiger partial charge in [-0.2, -0.15) is 9.30 Å². The molecule has 0 spiro atoms. The summed E-state index contributed by atoms with van der Waals surface area (Å²) in [4.78, 5) is 18.2. The lowest BCUT2D eigenvalue weighted by molar-refractivity contribution is 0.0997. The summed E-state index contributed by atoms with van der Waals surface area (Å²) in [7, 11) is -3.58. The van der Waals surface area contributed by atoms with E-state index >= 15 is 0 Å². The average molecular weight is 486 g/mol. The first-order valence-electron chi connectivity index (χ1n) is 11.4. The minimum Gasteiger partial charge on any atom is -0.317 e. The van der Waals surface area contributed by atoms with Crippen LogP contribution < -0.4 is 4.80 Å². The number of aryl methyl sites for hydroxylation is 3. The quantitative estimate of drug-likeness (QED) is 0.536. The summed E-state index contributed by atoms with van der Waals surface area (Å²) in [6.07, 6.45) is 1.04. The lowest BCUT2D eigenvalue weighted by atomic mass is 9.94. The molecule has 1 saturated heterocycles. The molecule has 33 heavy (non-hydrogen) atoms. The van der Waals surface area contributed by atoms with Crippen molar-refractivity contribution in [3.8, 4) is 0 Å². The lowest BCUT2D eigenvalue weighted by Gasteiger charge is -2.34. The number of piperidine rings is 1. The highest BCUT2D eigenvalue weighted by molar-refractivity contribution is 7.89. The molecule has 8 heteroatoms. The topological polar surface area (TPSA) is 71.7 Å². The van der Waals surface area contributed by atoms with Crippen LogP contribution in [0.3, 0.4) is 0 Å². The molecule has 0 aliphatic carbocycles. The van der Waals surface area contributed by atoms with Gasteiger partial charge in [0, 0.05) is 25.2 Å². The zero-order valence-electron chi connectivity index (χ0n) is 19.8. The Labute approximate surface area is 199 Å². The fourth-order valence-electron chi connectivity index (χ4n) is 4.58. The van der Waals surface area contributed by atoms with E-state index in [-0.39, 0.29) is 10.8 Å². The third-order valence-corrected chi connectivity index (χ3v) is 9.27. The number of carbonyl (C=O) groups excluding carboxylic acids is 1. The number of hydrogen-bond acceptors (Lipinski definition) is 4. The van der Waals surface area contributed by atoms with Crippen molar-refractivity contribution in [1.82, 2.24) is 8.87 Å². The van der Waals surface area contributed by atoms with Gasteiger partial charge in [-0.1, -0.05) is 25.2 Å². The molecule has 1 amide bonds. The van der Waals surface area contributed by atoms with Gasteiger partial charge < -0.3 is 4.57 Å². The SMILES string of the molecule is CCn1c(=NC(=O)c2ccc(S(=O)(=O)N3CC(C)CC(C)C3)cc2)sc2cc(C)c(C)cc21. The smallest absolute Gasteiger partial charge is 0.279 e. The number of aromatic nitrogens is 1. The number of carbonyl (C=O) groups is 1. The second kappa shape index (κ2) is 9.16. The molecular weight excluding hydrogens is 454 g/mol. The normalized spacial score (nSPS) is 20.5. The van der Waals surface area contributed by atoms with E-state index in [2.05, 4.69) is 44.8 Å². The van der Waals surface area contributed by atoms with Crippen molar-refractivity contribution < 1.29 is 13.2 Å². The molecule has 0 N–H and O–H groups in total. The number of hydrogen-bond donors (Lipinski definition) is 0. The third-order valence-electron chi connectivity index (χ3n) is 6.39. The Balaban J connectivity index is 1.64. The molecule has 176 valence electrons. The van der Waals surface area contributed by atoms with E-state index in [4.69, 9.17) is 0 Å². The zero-order chi connectivity index (χ0) is 23.9. The number of thiazole rings is 1. The summed E-state index contributed by atoms with van der Waals surface area (Å²) in [6.45, 7) is 12.1. The van der Waals surface area contributed by atoms with Gasteiger partial charge in [0.1, 0.15) is 0 Å². The van der Waals surface area contributed by atoms with E-state index in [9.17, 15) is 13.2 Å². The van der Waals surface area contributed by atoms with Crippen LogP contribution in [0, 0.1) is 25.7 Å². The molecule has 4 rings (SSSR count). The summed E-state index contributed by atoms with van der Waals surface area (Å²) in [5, 5.41) is 0. The fourth-order valence-corrected chi connectivity index (χ4v) is 7.44. The molecule has 0 saturated carbocycles. The fraction of sp³-hybridized carbons (Fsp3) is 0.440. The summed E-state index contributed by atoms with van der Waals surface area (Å²) in [5.74, 6) is 0.297.